The first-order valence-corrected chi connectivity index (χ1v) is 6.78. The topological polar surface area (TPSA) is 74.2 Å². The summed E-state index contributed by atoms with van der Waals surface area (Å²) in [7, 11) is 0. The fraction of sp³-hybridized carbons (Fsp3) is 0.800. The molecular weight excluding hydrogens is 226 g/mol. The smallest absolute Gasteiger partial charge is 0.243 e. The molecule has 2 N–H and O–H groups in total. The van der Waals surface area contributed by atoms with Gasteiger partial charge in [0.15, 0.2) is 5.82 Å². The Morgan fingerprint density at radius 2 is 2.31 bits per heavy atom. The van der Waals surface area contributed by atoms with Crippen LogP contribution in [-0.4, -0.2) is 28.8 Å². The zero-order valence-electron chi connectivity index (χ0n) is 9.97. The van der Waals surface area contributed by atoms with Crippen LogP contribution in [0.4, 0.5) is 0 Å². The third-order valence-corrected chi connectivity index (χ3v) is 2.83. The number of hydrogen-bond acceptors (Lipinski definition) is 6. The number of aromatic nitrogens is 2. The summed E-state index contributed by atoms with van der Waals surface area (Å²) in [4.78, 5) is 4.24. The Morgan fingerprint density at radius 3 is 2.94 bits per heavy atom. The number of hydrogen-bond donors (Lipinski definition) is 1. The lowest BCUT2D eigenvalue weighted by atomic mass is 10.2. The molecule has 0 spiro atoms. The molecule has 0 aliphatic rings. The number of nitrogens with zero attached hydrogens (tertiary/aromatic N) is 2. The van der Waals surface area contributed by atoms with Crippen molar-refractivity contribution < 1.29 is 9.26 Å². The maximum atomic E-state index is 5.92. The lowest BCUT2D eigenvalue weighted by molar-refractivity contribution is 0.0683. The minimum Gasteiger partial charge on any atom is -0.371 e. The van der Waals surface area contributed by atoms with Gasteiger partial charge in [-0.3, -0.25) is 0 Å². The van der Waals surface area contributed by atoms with Crippen LogP contribution in [0.5, 0.6) is 0 Å². The van der Waals surface area contributed by atoms with Crippen molar-refractivity contribution in [3.63, 3.8) is 0 Å². The van der Waals surface area contributed by atoms with E-state index in [9.17, 15) is 0 Å². The van der Waals surface area contributed by atoms with Crippen molar-refractivity contribution in [2.75, 3.05) is 18.6 Å². The molecule has 0 fully saturated rings. The largest absolute Gasteiger partial charge is 0.371 e. The second-order valence-electron chi connectivity index (χ2n) is 3.48. The van der Waals surface area contributed by atoms with Crippen LogP contribution in [-0.2, 0) is 4.74 Å². The van der Waals surface area contributed by atoms with E-state index >= 15 is 0 Å². The Bertz CT molecular complexity index is 306. The van der Waals surface area contributed by atoms with E-state index in [2.05, 4.69) is 10.1 Å². The summed E-state index contributed by atoms with van der Waals surface area (Å²) in [5, 5.41) is 3.87. The molecule has 0 aliphatic carbocycles. The first-order valence-electron chi connectivity index (χ1n) is 5.38. The molecule has 92 valence electrons. The van der Waals surface area contributed by atoms with Gasteiger partial charge in [-0.25, -0.2) is 0 Å². The van der Waals surface area contributed by atoms with Gasteiger partial charge >= 0.3 is 0 Å². The van der Waals surface area contributed by atoms with Crippen molar-refractivity contribution in [1.82, 2.24) is 10.1 Å². The van der Waals surface area contributed by atoms with Crippen LogP contribution in [0.25, 0.3) is 0 Å². The van der Waals surface area contributed by atoms with Gasteiger partial charge in [-0.05, 0) is 32.3 Å². The van der Waals surface area contributed by atoms with Crippen molar-refractivity contribution in [3.8, 4) is 0 Å². The Morgan fingerprint density at radius 1 is 1.56 bits per heavy atom. The number of ether oxygens (including phenoxy) is 1. The molecule has 5 nitrogen and oxygen atoms in total. The molecule has 16 heavy (non-hydrogen) atoms. The van der Waals surface area contributed by atoms with Crippen LogP contribution in [0, 0.1) is 0 Å². The molecule has 0 bridgehead atoms. The van der Waals surface area contributed by atoms with Crippen molar-refractivity contribution in [3.05, 3.63) is 11.7 Å². The zero-order valence-corrected chi connectivity index (χ0v) is 10.8. The van der Waals surface area contributed by atoms with Gasteiger partial charge in [0.25, 0.3) is 0 Å². The van der Waals surface area contributed by atoms with Crippen molar-refractivity contribution >= 4 is 11.8 Å². The maximum Gasteiger partial charge on any atom is 0.243 e. The molecule has 0 saturated carbocycles. The van der Waals surface area contributed by atoms with E-state index in [1.54, 1.807) is 11.8 Å². The SMILES string of the molecule is CCOC(C)c1noc([C@H](N)CCSC)n1. The van der Waals surface area contributed by atoms with Gasteiger partial charge < -0.3 is 15.0 Å². The maximum absolute atomic E-state index is 5.92. The Kier molecular flexibility index (Phi) is 5.79. The van der Waals surface area contributed by atoms with E-state index < -0.39 is 0 Å². The van der Waals surface area contributed by atoms with Crippen LogP contribution in [0.15, 0.2) is 4.52 Å². The van der Waals surface area contributed by atoms with Gasteiger partial charge in [0.1, 0.15) is 6.10 Å². The Hall–Kier alpha value is -0.590. The summed E-state index contributed by atoms with van der Waals surface area (Å²) in [5.74, 6) is 2.05. The number of thioether (sulfide) groups is 1. The normalized spacial score (nSPS) is 15.0. The quantitative estimate of drug-likeness (QED) is 0.791. The molecular formula is C10H19N3O2S. The number of nitrogens with two attached hydrogens (primary N) is 1. The summed E-state index contributed by atoms with van der Waals surface area (Å²) in [6.45, 7) is 4.46. The van der Waals surface area contributed by atoms with E-state index in [0.29, 0.717) is 18.3 Å². The molecule has 1 aromatic rings. The highest BCUT2D eigenvalue weighted by molar-refractivity contribution is 7.98. The van der Waals surface area contributed by atoms with E-state index in [0.717, 1.165) is 12.2 Å². The second kappa shape index (κ2) is 6.88. The van der Waals surface area contributed by atoms with Crippen molar-refractivity contribution in [1.29, 1.82) is 0 Å². The van der Waals surface area contributed by atoms with Gasteiger partial charge in [0, 0.05) is 6.61 Å². The molecule has 0 saturated heterocycles. The van der Waals surface area contributed by atoms with Crippen molar-refractivity contribution in [2.45, 2.75) is 32.4 Å². The molecule has 2 atom stereocenters. The molecule has 6 heteroatoms. The molecule has 1 rings (SSSR count). The third kappa shape index (κ3) is 3.77. The highest BCUT2D eigenvalue weighted by Crippen LogP contribution is 2.18. The first-order chi connectivity index (χ1) is 7.69. The standard InChI is InChI=1S/C10H19N3O2S/c1-4-14-7(2)9-12-10(15-13-9)8(11)5-6-16-3/h7-8H,4-6,11H2,1-3H3/t7?,8-/m1/s1. The molecule has 1 aromatic heterocycles. The summed E-state index contributed by atoms with van der Waals surface area (Å²) >= 11 is 1.75. The molecule has 0 amide bonds. The second-order valence-corrected chi connectivity index (χ2v) is 4.46. The third-order valence-electron chi connectivity index (χ3n) is 2.19. The first kappa shape index (κ1) is 13.5. The molecule has 0 aliphatic heterocycles. The van der Waals surface area contributed by atoms with Gasteiger partial charge in [0.05, 0.1) is 6.04 Å². The summed E-state index contributed by atoms with van der Waals surface area (Å²) in [6, 6.07) is -0.178. The lowest BCUT2D eigenvalue weighted by Gasteiger charge is -2.06. The lowest BCUT2D eigenvalue weighted by Crippen LogP contribution is -2.12. The predicted molar refractivity (Wildman–Crippen MR) is 64.3 cm³/mol. The van der Waals surface area contributed by atoms with Crippen LogP contribution in [0.3, 0.4) is 0 Å². The highest BCUT2D eigenvalue weighted by Gasteiger charge is 2.17. The summed E-state index contributed by atoms with van der Waals surface area (Å²) in [6.07, 6.45) is 2.74. The zero-order chi connectivity index (χ0) is 12.0. The molecule has 1 heterocycles. The monoisotopic (exact) mass is 245 g/mol. The minimum atomic E-state index is -0.178. The highest BCUT2D eigenvalue weighted by atomic mass is 32.2. The van der Waals surface area contributed by atoms with Crippen LogP contribution in [0.2, 0.25) is 0 Å². The van der Waals surface area contributed by atoms with Crippen LogP contribution >= 0.6 is 11.8 Å². The molecule has 0 aromatic carbocycles. The van der Waals surface area contributed by atoms with E-state index in [4.69, 9.17) is 15.0 Å². The molecule has 0 radical (unpaired) electrons. The van der Waals surface area contributed by atoms with Gasteiger partial charge in [-0.1, -0.05) is 5.16 Å². The number of rotatable bonds is 7. The Balaban J connectivity index is 2.56. The van der Waals surface area contributed by atoms with Gasteiger partial charge in [-0.15, -0.1) is 0 Å². The van der Waals surface area contributed by atoms with E-state index in [1.807, 2.05) is 20.1 Å². The minimum absolute atomic E-state index is 0.143. The predicted octanol–water partition coefficient (Wildman–Crippen LogP) is 1.92. The van der Waals surface area contributed by atoms with Gasteiger partial charge in [0.2, 0.25) is 5.89 Å². The van der Waals surface area contributed by atoms with Crippen molar-refractivity contribution in [2.24, 2.45) is 5.73 Å². The van der Waals surface area contributed by atoms with Crippen LogP contribution in [0.1, 0.15) is 44.1 Å². The fourth-order valence-electron chi connectivity index (χ4n) is 1.26. The fourth-order valence-corrected chi connectivity index (χ4v) is 1.75. The van der Waals surface area contributed by atoms with Crippen LogP contribution < -0.4 is 5.73 Å². The average Bonchev–Trinajstić information content (AvgIpc) is 2.75. The average molecular weight is 245 g/mol. The molecule has 1 unspecified atom stereocenters. The summed E-state index contributed by atoms with van der Waals surface area (Å²) in [5.41, 5.74) is 5.92. The van der Waals surface area contributed by atoms with Gasteiger partial charge in [-0.2, -0.15) is 16.7 Å². The summed E-state index contributed by atoms with van der Waals surface area (Å²) < 4.78 is 10.5. The van der Waals surface area contributed by atoms with E-state index in [1.165, 1.54) is 0 Å². The van der Waals surface area contributed by atoms with E-state index in [-0.39, 0.29) is 12.1 Å². The Labute approximate surface area is 100 Å².